The number of benzene rings is 3. The number of carbonyl (C=O) groups excluding carboxylic acids is 3. The van der Waals surface area contributed by atoms with E-state index in [1.165, 1.54) is 36.8 Å². The second kappa shape index (κ2) is 11.1. The number of aromatic hydroxyl groups is 2. The van der Waals surface area contributed by atoms with Gasteiger partial charge in [-0.3, -0.25) is 9.59 Å². The van der Waals surface area contributed by atoms with Crippen LogP contribution in [0.5, 0.6) is 23.0 Å². The molecule has 2 aliphatic heterocycles. The fraction of sp³-hybridized carbons (Fsp3) is 0.300. The second-order valence-corrected chi connectivity index (χ2v) is 9.96. The van der Waals surface area contributed by atoms with Gasteiger partial charge in [0.05, 0.1) is 5.56 Å². The van der Waals surface area contributed by atoms with E-state index in [2.05, 4.69) is 26.1 Å². The molecule has 204 valence electrons. The Morgan fingerprint density at radius 2 is 1.49 bits per heavy atom. The van der Waals surface area contributed by atoms with Crippen LogP contribution in [0.4, 0.5) is 5.69 Å². The summed E-state index contributed by atoms with van der Waals surface area (Å²) in [7, 11) is 0. The topological polar surface area (TPSA) is 148 Å². The van der Waals surface area contributed by atoms with E-state index < -0.39 is 17.5 Å². The zero-order chi connectivity index (χ0) is 28.3. The third-order valence-corrected chi connectivity index (χ3v) is 6.70. The summed E-state index contributed by atoms with van der Waals surface area (Å²) in [5.74, 6) is 0.00542. The van der Waals surface area contributed by atoms with E-state index in [0.717, 1.165) is 5.92 Å². The fourth-order valence-corrected chi connectivity index (χ4v) is 4.43. The van der Waals surface area contributed by atoms with Crippen molar-refractivity contribution >= 4 is 23.5 Å². The number of amides is 2. The van der Waals surface area contributed by atoms with Crippen LogP contribution in [0, 0.1) is 5.92 Å². The first-order chi connectivity index (χ1) is 18.5. The average Bonchev–Trinajstić information content (AvgIpc) is 3.15. The number of nitrogens with two attached hydrogens (primary N) is 1. The number of phenols is 2. The lowest BCUT2D eigenvalue weighted by Crippen LogP contribution is -2.32. The van der Waals surface area contributed by atoms with Crippen LogP contribution >= 0.6 is 0 Å². The number of hydrogen-bond acceptors (Lipinski definition) is 7. The highest BCUT2D eigenvalue weighted by molar-refractivity contribution is 5.99. The number of fused-ring (bicyclic) bond motifs is 6. The Hall–Kier alpha value is -4.53. The Morgan fingerprint density at radius 1 is 0.923 bits per heavy atom. The number of phenolic OH excluding ortho intramolecular Hbond substituents is 2. The molecule has 9 nitrogen and oxygen atoms in total. The Kier molecular flexibility index (Phi) is 7.80. The lowest BCUT2D eigenvalue weighted by molar-refractivity contribution is -0.118. The van der Waals surface area contributed by atoms with Gasteiger partial charge in [-0.15, -0.1) is 0 Å². The van der Waals surface area contributed by atoms with Crippen LogP contribution in [0.1, 0.15) is 73.5 Å². The minimum Gasteiger partial charge on any atom is -0.508 e. The molecule has 0 saturated heterocycles. The highest BCUT2D eigenvalue weighted by Crippen LogP contribution is 2.57. The normalized spacial score (nSPS) is 13.8. The largest absolute Gasteiger partial charge is 0.508 e. The summed E-state index contributed by atoms with van der Waals surface area (Å²) in [6.07, 6.45) is 1.85. The molecule has 9 heteroatoms. The molecule has 0 atom stereocenters. The number of carbonyl (C=O) groups is 3. The van der Waals surface area contributed by atoms with Gasteiger partial charge in [0.2, 0.25) is 11.8 Å². The molecule has 5 N–H and O–H groups in total. The Labute approximate surface area is 226 Å². The summed E-state index contributed by atoms with van der Waals surface area (Å²) in [6.45, 7) is 6.64. The molecule has 1 spiro atoms. The van der Waals surface area contributed by atoms with Gasteiger partial charge in [-0.1, -0.05) is 33.3 Å². The number of hydrogen-bond donors (Lipinski definition) is 4. The molecule has 39 heavy (non-hydrogen) atoms. The van der Waals surface area contributed by atoms with Gasteiger partial charge in [0.25, 0.3) is 0 Å². The van der Waals surface area contributed by atoms with Crippen molar-refractivity contribution in [3.8, 4) is 23.0 Å². The minimum absolute atomic E-state index is 0.0311. The molecule has 2 amide bonds. The Morgan fingerprint density at radius 3 is 2.03 bits per heavy atom. The van der Waals surface area contributed by atoms with Gasteiger partial charge in [0.15, 0.2) is 5.60 Å². The number of primary amides is 1. The van der Waals surface area contributed by atoms with Gasteiger partial charge in [-0.05, 0) is 48.7 Å². The lowest BCUT2D eigenvalue weighted by Gasteiger charge is -2.36. The summed E-state index contributed by atoms with van der Waals surface area (Å²) >= 11 is 0. The van der Waals surface area contributed by atoms with E-state index in [0.29, 0.717) is 28.8 Å². The molecule has 0 fully saturated rings. The van der Waals surface area contributed by atoms with Crippen LogP contribution in [0.25, 0.3) is 0 Å². The number of ether oxygens (including phenoxy) is 2. The number of anilines is 1. The molecule has 3 aromatic carbocycles. The lowest BCUT2D eigenvalue weighted by atomic mass is 9.77. The van der Waals surface area contributed by atoms with Crippen molar-refractivity contribution in [2.45, 2.75) is 52.1 Å². The van der Waals surface area contributed by atoms with Gasteiger partial charge < -0.3 is 30.7 Å². The molecule has 3 aromatic rings. The van der Waals surface area contributed by atoms with E-state index >= 15 is 0 Å². The van der Waals surface area contributed by atoms with Gasteiger partial charge in [0.1, 0.15) is 23.0 Å². The zero-order valence-electron chi connectivity index (χ0n) is 22.1. The van der Waals surface area contributed by atoms with Gasteiger partial charge in [-0.25, -0.2) is 4.79 Å². The second-order valence-electron chi connectivity index (χ2n) is 9.96. The maximum absolute atomic E-state index is 13.1. The van der Waals surface area contributed by atoms with E-state index in [1.54, 1.807) is 24.3 Å². The van der Waals surface area contributed by atoms with Gasteiger partial charge in [0, 0.05) is 47.4 Å². The van der Waals surface area contributed by atoms with Crippen molar-refractivity contribution in [2.75, 3.05) is 5.32 Å². The number of rotatable bonds is 6. The summed E-state index contributed by atoms with van der Waals surface area (Å²) in [5.41, 5.74) is 5.96. The molecule has 0 aromatic heterocycles. The van der Waals surface area contributed by atoms with Crippen LogP contribution < -0.4 is 15.8 Å². The molecule has 0 radical (unpaired) electrons. The Balaban J connectivity index is 0.000000648. The highest BCUT2D eigenvalue weighted by atomic mass is 16.6. The zero-order valence-corrected chi connectivity index (χ0v) is 22.1. The summed E-state index contributed by atoms with van der Waals surface area (Å²) in [5, 5.41) is 22.7. The summed E-state index contributed by atoms with van der Waals surface area (Å²) in [6, 6.07) is 13.9. The number of esters is 1. The predicted molar refractivity (Wildman–Crippen MR) is 145 cm³/mol. The molecule has 0 unspecified atom stereocenters. The molecule has 0 saturated carbocycles. The summed E-state index contributed by atoms with van der Waals surface area (Å²) < 4.78 is 11.9. The quantitative estimate of drug-likeness (QED) is 0.314. The highest BCUT2D eigenvalue weighted by Gasteiger charge is 2.53. The Bertz CT molecular complexity index is 1380. The molecule has 0 aliphatic carbocycles. The van der Waals surface area contributed by atoms with E-state index in [-0.39, 0.29) is 47.3 Å². The first-order valence-corrected chi connectivity index (χ1v) is 12.9. The maximum Gasteiger partial charge on any atom is 0.340 e. The van der Waals surface area contributed by atoms with Crippen LogP contribution in [-0.2, 0) is 19.9 Å². The van der Waals surface area contributed by atoms with E-state index in [4.69, 9.17) is 15.2 Å². The molecule has 0 bridgehead atoms. The molecular formula is C30H32N2O7. The van der Waals surface area contributed by atoms with Crippen molar-refractivity contribution in [1.82, 2.24) is 0 Å². The first kappa shape index (κ1) is 27.5. The summed E-state index contributed by atoms with van der Waals surface area (Å²) in [4.78, 5) is 36.1. The molecule has 2 aliphatic rings. The SMILES string of the molecule is CCC(C)C.NC(=O)CCCC(=O)Nc1ccc2c(c1)C(=O)OC21c2ccc(O)cc2Oc2cc(O)ccc21. The standard InChI is InChI=1S/C25H20N2O7.C5H12/c26-22(30)2-1-3-23(31)27-13-4-7-17-16(10-13)24(32)34-25(17)18-8-5-14(28)11-20(18)33-21-12-15(29)6-9-19(21)25;1-4-5(2)3/h4-12,28-29H,1-3H2,(H2,26,30)(H,27,31);5H,4H2,1-3H3. The molecule has 5 rings (SSSR count). The van der Waals surface area contributed by atoms with Gasteiger partial charge in [-0.2, -0.15) is 0 Å². The predicted octanol–water partition coefficient (Wildman–Crippen LogP) is 5.31. The fourth-order valence-electron chi connectivity index (χ4n) is 4.43. The van der Waals surface area contributed by atoms with Gasteiger partial charge >= 0.3 is 5.97 Å². The van der Waals surface area contributed by atoms with Crippen LogP contribution in [-0.4, -0.2) is 28.0 Å². The first-order valence-electron chi connectivity index (χ1n) is 12.9. The maximum atomic E-state index is 13.1. The average molecular weight is 533 g/mol. The van der Waals surface area contributed by atoms with Crippen molar-refractivity contribution < 1.29 is 34.1 Å². The number of nitrogens with one attached hydrogen (secondary N) is 1. The smallest absolute Gasteiger partial charge is 0.340 e. The van der Waals surface area contributed by atoms with Crippen LogP contribution in [0.3, 0.4) is 0 Å². The minimum atomic E-state index is -1.36. The van der Waals surface area contributed by atoms with Crippen molar-refractivity contribution in [3.63, 3.8) is 0 Å². The van der Waals surface area contributed by atoms with Crippen molar-refractivity contribution in [1.29, 1.82) is 0 Å². The third-order valence-electron chi connectivity index (χ3n) is 6.70. The third kappa shape index (κ3) is 5.52. The molecular weight excluding hydrogens is 500 g/mol. The van der Waals surface area contributed by atoms with E-state index in [1.807, 2.05) is 0 Å². The van der Waals surface area contributed by atoms with Crippen LogP contribution in [0.15, 0.2) is 54.6 Å². The van der Waals surface area contributed by atoms with Crippen LogP contribution in [0.2, 0.25) is 0 Å². The monoisotopic (exact) mass is 532 g/mol. The van der Waals surface area contributed by atoms with E-state index in [9.17, 15) is 24.6 Å². The van der Waals surface area contributed by atoms with Crippen molar-refractivity contribution in [3.05, 3.63) is 76.9 Å². The molecule has 2 heterocycles. The van der Waals surface area contributed by atoms with Crippen molar-refractivity contribution in [2.24, 2.45) is 11.7 Å².